The first-order valence-electron chi connectivity index (χ1n) is 8.31. The van der Waals surface area contributed by atoms with Gasteiger partial charge in [-0.25, -0.2) is 0 Å². The summed E-state index contributed by atoms with van der Waals surface area (Å²) in [5.74, 6) is 1.26. The van der Waals surface area contributed by atoms with E-state index in [1.54, 1.807) is 19.2 Å². The van der Waals surface area contributed by atoms with E-state index < -0.39 is 0 Å². The molecule has 0 unspecified atom stereocenters. The maximum atomic E-state index is 9.48. The molecule has 0 fully saturated rings. The first-order valence-corrected chi connectivity index (χ1v) is 8.31. The smallest absolute Gasteiger partial charge is 0.126 e. The average Bonchev–Trinajstić information content (AvgIpc) is 2.63. The molecule has 0 aliphatic heterocycles. The molecule has 0 spiro atoms. The van der Waals surface area contributed by atoms with Gasteiger partial charge in [-0.1, -0.05) is 42.5 Å². The Hall–Kier alpha value is -2.74. The van der Waals surface area contributed by atoms with Gasteiger partial charge in [-0.2, -0.15) is 0 Å². The Morgan fingerprint density at radius 1 is 0.917 bits per heavy atom. The molecule has 120 valence electrons. The number of phenolic OH excluding ortho intramolecular Hbond substituents is 1. The lowest BCUT2D eigenvalue weighted by molar-refractivity contribution is 0.415. The lowest BCUT2D eigenvalue weighted by Crippen LogP contribution is -2.09. The Morgan fingerprint density at radius 2 is 1.71 bits per heavy atom. The highest BCUT2D eigenvalue weighted by Gasteiger charge is 2.22. The summed E-state index contributed by atoms with van der Waals surface area (Å²) in [4.78, 5) is 0. The molecule has 2 heteroatoms. The van der Waals surface area contributed by atoms with Crippen LogP contribution in [0.1, 0.15) is 22.3 Å². The van der Waals surface area contributed by atoms with Crippen LogP contribution in [-0.2, 0) is 19.3 Å². The van der Waals surface area contributed by atoms with Gasteiger partial charge in [0.05, 0.1) is 7.11 Å². The number of hydrogen-bond acceptors (Lipinski definition) is 2. The molecule has 0 saturated carbocycles. The van der Waals surface area contributed by atoms with Crippen LogP contribution in [0.2, 0.25) is 0 Å². The molecule has 1 aliphatic carbocycles. The van der Waals surface area contributed by atoms with Crippen LogP contribution in [0.4, 0.5) is 0 Å². The van der Waals surface area contributed by atoms with Crippen molar-refractivity contribution in [3.05, 3.63) is 82.9 Å². The van der Waals surface area contributed by atoms with Gasteiger partial charge in [0.2, 0.25) is 0 Å². The predicted octanol–water partition coefficient (Wildman–Crippen LogP) is 4.76. The van der Waals surface area contributed by atoms with Gasteiger partial charge in [0.15, 0.2) is 0 Å². The Bertz CT molecular complexity index is 879. The van der Waals surface area contributed by atoms with Crippen molar-refractivity contribution in [2.45, 2.75) is 19.3 Å². The summed E-state index contributed by atoms with van der Waals surface area (Å²) in [5, 5.41) is 9.48. The predicted molar refractivity (Wildman–Crippen MR) is 96.8 cm³/mol. The highest BCUT2D eigenvalue weighted by Crippen LogP contribution is 2.41. The summed E-state index contributed by atoms with van der Waals surface area (Å²) in [6.45, 7) is 0. The average molecular weight is 316 g/mol. The number of aryl methyl sites for hydroxylation is 1. The minimum atomic E-state index is 0.310. The zero-order chi connectivity index (χ0) is 16.5. The van der Waals surface area contributed by atoms with Crippen LogP contribution in [0.25, 0.3) is 11.1 Å². The minimum absolute atomic E-state index is 0.310. The molecule has 1 aliphatic rings. The van der Waals surface area contributed by atoms with Crippen molar-refractivity contribution in [1.29, 1.82) is 0 Å². The lowest BCUT2D eigenvalue weighted by Gasteiger charge is -2.24. The molecule has 0 heterocycles. The number of phenols is 1. The second-order valence-corrected chi connectivity index (χ2v) is 6.28. The summed E-state index contributed by atoms with van der Waals surface area (Å²) >= 11 is 0. The number of ether oxygens (including phenoxy) is 1. The quantitative estimate of drug-likeness (QED) is 0.755. The van der Waals surface area contributed by atoms with E-state index in [0.29, 0.717) is 5.75 Å². The number of fused-ring (bicyclic) bond motifs is 3. The van der Waals surface area contributed by atoms with E-state index in [0.717, 1.165) is 25.0 Å². The monoisotopic (exact) mass is 316 g/mol. The number of rotatable bonds is 3. The zero-order valence-corrected chi connectivity index (χ0v) is 13.8. The number of aromatic hydroxyl groups is 1. The molecule has 0 saturated heterocycles. The second kappa shape index (κ2) is 6.04. The normalized spacial score (nSPS) is 12.4. The fourth-order valence-corrected chi connectivity index (χ4v) is 3.66. The molecule has 0 atom stereocenters. The highest BCUT2D eigenvalue weighted by atomic mass is 16.5. The van der Waals surface area contributed by atoms with Crippen molar-refractivity contribution < 1.29 is 9.84 Å². The Kier molecular flexibility index (Phi) is 3.73. The summed E-state index contributed by atoms with van der Waals surface area (Å²) in [5.41, 5.74) is 7.87. The van der Waals surface area contributed by atoms with E-state index in [2.05, 4.69) is 36.4 Å². The Morgan fingerprint density at radius 3 is 2.50 bits per heavy atom. The van der Waals surface area contributed by atoms with E-state index in [1.165, 1.54) is 33.4 Å². The molecule has 1 N–H and O–H groups in total. The van der Waals surface area contributed by atoms with Crippen molar-refractivity contribution in [2.24, 2.45) is 0 Å². The molecule has 0 aromatic heterocycles. The second-order valence-electron chi connectivity index (χ2n) is 6.28. The SMILES string of the molecule is COc1ccc(Cc2ccc(O)cc2)c2c1-c1ccccc1CC2. The van der Waals surface area contributed by atoms with Gasteiger partial charge >= 0.3 is 0 Å². The molecular formula is C22H20O2. The largest absolute Gasteiger partial charge is 0.508 e. The number of hydrogen-bond donors (Lipinski definition) is 1. The van der Waals surface area contributed by atoms with Crippen LogP contribution >= 0.6 is 0 Å². The van der Waals surface area contributed by atoms with Gasteiger partial charge in [0.25, 0.3) is 0 Å². The molecule has 3 aromatic rings. The number of methoxy groups -OCH3 is 1. The highest BCUT2D eigenvalue weighted by molar-refractivity contribution is 5.79. The molecule has 2 nitrogen and oxygen atoms in total. The van der Waals surface area contributed by atoms with Crippen LogP contribution in [-0.4, -0.2) is 12.2 Å². The van der Waals surface area contributed by atoms with E-state index in [-0.39, 0.29) is 0 Å². The van der Waals surface area contributed by atoms with E-state index in [4.69, 9.17) is 4.74 Å². The van der Waals surface area contributed by atoms with Gasteiger partial charge < -0.3 is 9.84 Å². The fraction of sp³-hybridized carbons (Fsp3) is 0.182. The van der Waals surface area contributed by atoms with Crippen molar-refractivity contribution in [1.82, 2.24) is 0 Å². The minimum Gasteiger partial charge on any atom is -0.508 e. The molecule has 0 bridgehead atoms. The molecular weight excluding hydrogens is 296 g/mol. The Balaban J connectivity index is 1.82. The topological polar surface area (TPSA) is 29.5 Å². The van der Waals surface area contributed by atoms with Crippen LogP contribution in [0.5, 0.6) is 11.5 Å². The third-order valence-corrected chi connectivity index (χ3v) is 4.85. The van der Waals surface area contributed by atoms with Gasteiger partial charge in [0, 0.05) is 5.56 Å². The molecule has 24 heavy (non-hydrogen) atoms. The van der Waals surface area contributed by atoms with Crippen molar-refractivity contribution in [2.75, 3.05) is 7.11 Å². The van der Waals surface area contributed by atoms with Gasteiger partial charge in [-0.15, -0.1) is 0 Å². The van der Waals surface area contributed by atoms with Crippen molar-refractivity contribution in [3.8, 4) is 22.6 Å². The van der Waals surface area contributed by atoms with E-state index in [1.807, 2.05) is 12.1 Å². The zero-order valence-electron chi connectivity index (χ0n) is 13.8. The van der Waals surface area contributed by atoms with E-state index in [9.17, 15) is 5.11 Å². The van der Waals surface area contributed by atoms with Crippen LogP contribution in [0, 0.1) is 0 Å². The van der Waals surface area contributed by atoms with Crippen LogP contribution in [0.15, 0.2) is 60.7 Å². The van der Waals surface area contributed by atoms with Gasteiger partial charge in [-0.05, 0) is 65.3 Å². The van der Waals surface area contributed by atoms with Gasteiger partial charge in [-0.3, -0.25) is 0 Å². The standard InChI is InChI=1S/C22H20O2/c1-24-21-13-9-17(14-15-6-10-18(23)11-7-15)20-12-8-16-4-2-3-5-19(16)22(20)21/h2-7,9-11,13,23H,8,12,14H2,1H3. The maximum Gasteiger partial charge on any atom is 0.126 e. The summed E-state index contributed by atoms with van der Waals surface area (Å²) in [6, 6.07) is 20.4. The van der Waals surface area contributed by atoms with E-state index >= 15 is 0 Å². The third kappa shape index (κ3) is 2.54. The molecule has 0 amide bonds. The van der Waals surface area contributed by atoms with Crippen LogP contribution < -0.4 is 4.74 Å². The number of benzene rings is 3. The first-order chi connectivity index (χ1) is 11.8. The summed E-state index contributed by atoms with van der Waals surface area (Å²) < 4.78 is 5.66. The van der Waals surface area contributed by atoms with Crippen LogP contribution in [0.3, 0.4) is 0 Å². The summed E-state index contributed by atoms with van der Waals surface area (Å²) in [6.07, 6.45) is 2.98. The molecule has 3 aromatic carbocycles. The van der Waals surface area contributed by atoms with Crippen molar-refractivity contribution >= 4 is 0 Å². The molecule has 0 radical (unpaired) electrons. The summed E-state index contributed by atoms with van der Waals surface area (Å²) in [7, 11) is 1.74. The Labute approximate surface area is 142 Å². The molecule has 4 rings (SSSR count). The third-order valence-electron chi connectivity index (χ3n) is 4.85. The first kappa shape index (κ1) is 14.8. The van der Waals surface area contributed by atoms with Crippen molar-refractivity contribution in [3.63, 3.8) is 0 Å². The lowest BCUT2D eigenvalue weighted by atomic mass is 9.81. The maximum absolute atomic E-state index is 9.48. The van der Waals surface area contributed by atoms with Gasteiger partial charge in [0.1, 0.15) is 11.5 Å². The fourth-order valence-electron chi connectivity index (χ4n) is 3.66.